The Kier molecular flexibility index (Phi) is 4.69. The lowest BCUT2D eigenvalue weighted by Gasteiger charge is -2.31. The van der Waals surface area contributed by atoms with Crippen LogP contribution in [-0.2, 0) is 5.72 Å². The summed E-state index contributed by atoms with van der Waals surface area (Å²) in [5.41, 5.74) is -5.35. The van der Waals surface area contributed by atoms with Crippen molar-refractivity contribution >= 4 is 23.2 Å². The monoisotopic (exact) mass is 404 g/mol. The van der Waals surface area contributed by atoms with Crippen LogP contribution in [0.2, 0.25) is 5.02 Å². The fourth-order valence-corrected chi connectivity index (χ4v) is 2.77. The summed E-state index contributed by atoms with van der Waals surface area (Å²) in [5, 5.41) is 14.3. The van der Waals surface area contributed by atoms with Gasteiger partial charge in [-0.1, -0.05) is 11.6 Å². The van der Waals surface area contributed by atoms with Crippen LogP contribution in [-0.4, -0.2) is 27.9 Å². The van der Waals surface area contributed by atoms with Gasteiger partial charge < -0.3 is 5.11 Å². The molecule has 0 saturated carbocycles. The molecule has 2 aromatic rings. The number of benzene rings is 2. The van der Waals surface area contributed by atoms with Crippen molar-refractivity contribution in [2.24, 2.45) is 5.10 Å². The van der Waals surface area contributed by atoms with E-state index < -0.39 is 47.1 Å². The Morgan fingerprint density at radius 2 is 1.78 bits per heavy atom. The van der Waals surface area contributed by atoms with Gasteiger partial charge in [-0.05, 0) is 42.5 Å². The molecule has 1 unspecified atom stereocenters. The van der Waals surface area contributed by atoms with E-state index in [0.717, 1.165) is 6.07 Å². The zero-order valence-corrected chi connectivity index (χ0v) is 14.0. The zero-order valence-electron chi connectivity index (χ0n) is 13.3. The molecule has 1 aliphatic rings. The molecule has 4 nitrogen and oxygen atoms in total. The van der Waals surface area contributed by atoms with Gasteiger partial charge in [-0.15, -0.1) is 0 Å². The van der Waals surface area contributed by atoms with Crippen LogP contribution in [0.25, 0.3) is 0 Å². The third kappa shape index (κ3) is 3.52. The Balaban J connectivity index is 2.13. The summed E-state index contributed by atoms with van der Waals surface area (Å²) >= 11 is 5.71. The molecule has 0 radical (unpaired) electrons. The van der Waals surface area contributed by atoms with Gasteiger partial charge in [0.1, 0.15) is 17.3 Å². The van der Waals surface area contributed by atoms with Crippen molar-refractivity contribution < 1.29 is 31.9 Å². The number of carbonyl (C=O) groups excluding carboxylic acids is 1. The smallest absolute Gasteiger partial charge is 0.365 e. The maximum Gasteiger partial charge on any atom is 0.431 e. The minimum atomic E-state index is -4.98. The van der Waals surface area contributed by atoms with Gasteiger partial charge >= 0.3 is 6.18 Å². The lowest BCUT2D eigenvalue weighted by atomic mass is 9.96. The number of halogens is 6. The normalized spacial score (nSPS) is 20.0. The highest BCUT2D eigenvalue weighted by Gasteiger charge is 2.54. The number of hydrogen-bond acceptors (Lipinski definition) is 3. The molecule has 0 aliphatic carbocycles. The van der Waals surface area contributed by atoms with E-state index in [2.05, 4.69) is 5.10 Å². The third-order valence-electron chi connectivity index (χ3n) is 3.96. The van der Waals surface area contributed by atoms with Crippen LogP contribution in [0, 0.1) is 11.6 Å². The van der Waals surface area contributed by atoms with Crippen molar-refractivity contribution in [1.82, 2.24) is 5.01 Å². The van der Waals surface area contributed by atoms with Crippen LogP contribution in [0.3, 0.4) is 0 Å². The Labute approximate surface area is 154 Å². The number of carbonyl (C=O) groups is 1. The summed E-state index contributed by atoms with van der Waals surface area (Å²) in [7, 11) is 0. The predicted octanol–water partition coefficient (Wildman–Crippen LogP) is 4.23. The molecular formula is C17H10ClF5N2O2. The second-order valence-electron chi connectivity index (χ2n) is 5.79. The topological polar surface area (TPSA) is 52.9 Å². The molecule has 27 heavy (non-hydrogen) atoms. The Bertz CT molecular complexity index is 930. The molecule has 0 saturated heterocycles. The summed E-state index contributed by atoms with van der Waals surface area (Å²) in [6.45, 7) is 0. The van der Waals surface area contributed by atoms with Gasteiger partial charge in [0.15, 0.2) is 5.72 Å². The molecule has 0 fully saturated rings. The fraction of sp³-hybridized carbons (Fsp3) is 0.176. The van der Waals surface area contributed by atoms with E-state index in [1.165, 1.54) is 24.3 Å². The van der Waals surface area contributed by atoms with Gasteiger partial charge in [0.25, 0.3) is 5.91 Å². The lowest BCUT2D eigenvalue weighted by Crippen LogP contribution is -2.44. The molecule has 1 aliphatic heterocycles. The molecule has 1 amide bonds. The molecule has 0 spiro atoms. The van der Waals surface area contributed by atoms with E-state index >= 15 is 0 Å². The van der Waals surface area contributed by atoms with E-state index in [1.54, 1.807) is 0 Å². The first-order valence-electron chi connectivity index (χ1n) is 7.45. The Hall–Kier alpha value is -2.52. The minimum Gasteiger partial charge on any atom is -0.365 e. The Morgan fingerprint density at radius 3 is 2.37 bits per heavy atom. The van der Waals surface area contributed by atoms with E-state index in [1.807, 2.05) is 0 Å². The molecule has 1 heterocycles. The molecule has 3 rings (SSSR count). The van der Waals surface area contributed by atoms with Gasteiger partial charge in [-0.3, -0.25) is 4.79 Å². The summed E-state index contributed by atoms with van der Waals surface area (Å²) < 4.78 is 67.1. The predicted molar refractivity (Wildman–Crippen MR) is 86.0 cm³/mol. The van der Waals surface area contributed by atoms with Crippen molar-refractivity contribution in [2.45, 2.75) is 18.3 Å². The van der Waals surface area contributed by atoms with Gasteiger partial charge in [-0.2, -0.15) is 23.3 Å². The second-order valence-corrected chi connectivity index (χ2v) is 6.22. The third-order valence-corrected chi connectivity index (χ3v) is 4.21. The van der Waals surface area contributed by atoms with Gasteiger partial charge in [0.2, 0.25) is 0 Å². The number of rotatable bonds is 2. The van der Waals surface area contributed by atoms with Gasteiger partial charge in [0, 0.05) is 16.1 Å². The molecule has 2 aromatic carbocycles. The van der Waals surface area contributed by atoms with Crippen molar-refractivity contribution in [3.63, 3.8) is 0 Å². The van der Waals surface area contributed by atoms with Crippen LogP contribution < -0.4 is 0 Å². The fourth-order valence-electron chi connectivity index (χ4n) is 2.65. The van der Waals surface area contributed by atoms with E-state index in [-0.39, 0.29) is 15.6 Å². The molecule has 10 heteroatoms. The summed E-state index contributed by atoms with van der Waals surface area (Å²) in [4.78, 5) is 12.6. The molecule has 0 aromatic heterocycles. The van der Waals surface area contributed by atoms with E-state index in [4.69, 9.17) is 11.6 Å². The maximum atomic E-state index is 14.2. The average Bonchev–Trinajstić information content (AvgIpc) is 2.96. The number of amides is 1. The summed E-state index contributed by atoms with van der Waals surface area (Å²) in [6.07, 6.45) is -6.23. The minimum absolute atomic E-state index is 0.108. The SMILES string of the molecule is O=C(c1ccc(Cl)cc1)N1N=C(C(F)(F)F)CC1(O)c1cc(F)ccc1F. The van der Waals surface area contributed by atoms with Crippen LogP contribution in [0.1, 0.15) is 22.3 Å². The van der Waals surface area contributed by atoms with Crippen molar-refractivity contribution in [3.05, 3.63) is 70.2 Å². The van der Waals surface area contributed by atoms with Gasteiger partial charge in [0.05, 0.1) is 6.42 Å². The first-order chi connectivity index (χ1) is 12.5. The van der Waals surface area contributed by atoms with Gasteiger partial charge in [-0.25, -0.2) is 8.78 Å². The number of alkyl halides is 3. The standard InChI is InChI=1S/C17H10ClF5N2O2/c18-10-3-1-9(2-4-10)15(26)25-16(27,8-14(24-25)17(21,22)23)12-7-11(19)5-6-13(12)20/h1-7,27H,8H2. The molecular weight excluding hydrogens is 395 g/mol. The first-order valence-corrected chi connectivity index (χ1v) is 7.83. The van der Waals surface area contributed by atoms with Crippen LogP contribution in [0.15, 0.2) is 47.6 Å². The molecule has 142 valence electrons. The quantitative estimate of drug-likeness (QED) is 0.762. The van der Waals surface area contributed by atoms with Crippen LogP contribution >= 0.6 is 11.6 Å². The number of nitrogens with zero attached hydrogens (tertiary/aromatic N) is 2. The summed E-state index contributed by atoms with van der Waals surface area (Å²) in [5.74, 6) is -3.33. The lowest BCUT2D eigenvalue weighted by molar-refractivity contribution is -0.0836. The molecule has 1 N–H and O–H groups in total. The second kappa shape index (κ2) is 6.58. The first kappa shape index (κ1) is 19.2. The molecule has 0 bridgehead atoms. The average molecular weight is 405 g/mol. The molecule has 1 atom stereocenters. The van der Waals surface area contributed by atoms with Crippen molar-refractivity contribution in [2.75, 3.05) is 0 Å². The number of hydrogen-bond donors (Lipinski definition) is 1. The zero-order chi connectivity index (χ0) is 20.0. The highest BCUT2D eigenvalue weighted by Crippen LogP contribution is 2.41. The number of aliphatic hydroxyl groups is 1. The van der Waals surface area contributed by atoms with Crippen molar-refractivity contribution in [3.8, 4) is 0 Å². The van der Waals surface area contributed by atoms with E-state index in [0.29, 0.717) is 12.1 Å². The highest BCUT2D eigenvalue weighted by molar-refractivity contribution is 6.30. The maximum absolute atomic E-state index is 14.2. The largest absolute Gasteiger partial charge is 0.431 e. The highest BCUT2D eigenvalue weighted by atomic mass is 35.5. The van der Waals surface area contributed by atoms with E-state index in [9.17, 15) is 31.9 Å². The number of hydrazone groups is 1. The Morgan fingerprint density at radius 1 is 1.15 bits per heavy atom. The van der Waals surface area contributed by atoms with Crippen LogP contribution in [0.5, 0.6) is 0 Å². The van der Waals surface area contributed by atoms with Crippen molar-refractivity contribution in [1.29, 1.82) is 0 Å². The van der Waals surface area contributed by atoms with Crippen LogP contribution in [0.4, 0.5) is 22.0 Å². The summed E-state index contributed by atoms with van der Waals surface area (Å²) in [6, 6.07) is 6.91.